The Labute approximate surface area is 98.9 Å². The van der Waals surface area contributed by atoms with Crippen molar-refractivity contribution in [2.45, 2.75) is 19.8 Å². The molecule has 4 heteroatoms. The lowest BCUT2D eigenvalue weighted by Crippen LogP contribution is -2.32. The Kier molecular flexibility index (Phi) is 4.37. The molecule has 0 saturated heterocycles. The molecule has 1 radical (unpaired) electrons. The fraction of sp³-hybridized carbons (Fsp3) is 0.308. The Bertz CT molecular complexity index is 411. The maximum Gasteiger partial charge on any atom is 0.381 e. The number of halogens is 2. The standard InChI is InChI=1S/C13H13F2O2/c1-3-17-12(16)13(14,15)10(2)9-11-7-5-4-6-8-11/h4-8H,3H2,1-2H3. The maximum atomic E-state index is 13.5. The average molecular weight is 239 g/mol. The number of benzene rings is 1. The number of esters is 1. The first-order chi connectivity index (χ1) is 7.98. The largest absolute Gasteiger partial charge is 0.461 e. The van der Waals surface area contributed by atoms with Crippen LogP contribution in [0.15, 0.2) is 35.9 Å². The summed E-state index contributed by atoms with van der Waals surface area (Å²) in [5.74, 6) is -5.17. The highest BCUT2D eigenvalue weighted by atomic mass is 19.3. The van der Waals surface area contributed by atoms with E-state index in [1.54, 1.807) is 30.3 Å². The third kappa shape index (κ3) is 3.37. The highest BCUT2D eigenvalue weighted by Crippen LogP contribution is 2.26. The second kappa shape index (κ2) is 5.57. The molecule has 0 atom stereocenters. The van der Waals surface area contributed by atoms with Crippen LogP contribution < -0.4 is 0 Å². The number of carbonyl (C=O) groups excluding carboxylic acids is 1. The van der Waals surface area contributed by atoms with E-state index in [2.05, 4.69) is 10.8 Å². The van der Waals surface area contributed by atoms with E-state index in [0.29, 0.717) is 5.56 Å². The van der Waals surface area contributed by atoms with E-state index in [-0.39, 0.29) is 6.61 Å². The Hall–Kier alpha value is -1.71. The normalized spacial score (nSPS) is 12.4. The summed E-state index contributed by atoms with van der Waals surface area (Å²) in [5, 5.41) is 0. The molecule has 0 aliphatic heterocycles. The molecule has 0 unspecified atom stereocenters. The van der Waals surface area contributed by atoms with Gasteiger partial charge >= 0.3 is 11.9 Å². The van der Waals surface area contributed by atoms with Crippen LogP contribution in [-0.4, -0.2) is 18.5 Å². The predicted molar refractivity (Wildman–Crippen MR) is 59.6 cm³/mol. The molecule has 1 aromatic rings. The lowest BCUT2D eigenvalue weighted by Gasteiger charge is -2.14. The van der Waals surface area contributed by atoms with Gasteiger partial charge in [0.1, 0.15) is 0 Å². The molecule has 0 aliphatic carbocycles. The first-order valence-electron chi connectivity index (χ1n) is 5.19. The van der Waals surface area contributed by atoms with Crippen molar-refractivity contribution in [2.75, 3.05) is 6.61 Å². The monoisotopic (exact) mass is 239 g/mol. The van der Waals surface area contributed by atoms with E-state index < -0.39 is 17.5 Å². The van der Waals surface area contributed by atoms with Crippen molar-refractivity contribution in [1.29, 1.82) is 0 Å². The molecule has 0 bridgehead atoms. The van der Waals surface area contributed by atoms with E-state index in [1.165, 1.54) is 6.92 Å². The van der Waals surface area contributed by atoms with E-state index in [9.17, 15) is 13.6 Å². The second-order valence-electron chi connectivity index (χ2n) is 3.41. The summed E-state index contributed by atoms with van der Waals surface area (Å²) in [4.78, 5) is 11.1. The molecular weight excluding hydrogens is 226 g/mol. The van der Waals surface area contributed by atoms with E-state index in [4.69, 9.17) is 0 Å². The Morgan fingerprint density at radius 1 is 1.35 bits per heavy atom. The van der Waals surface area contributed by atoms with Crippen LogP contribution in [0.25, 0.3) is 0 Å². The fourth-order valence-electron chi connectivity index (χ4n) is 1.19. The SMILES string of the molecule is CCOC(=O)C(F)(F)C(C)=[C]c1ccccc1. The van der Waals surface area contributed by atoms with Gasteiger partial charge in [-0.3, -0.25) is 0 Å². The highest BCUT2D eigenvalue weighted by molar-refractivity contribution is 5.81. The summed E-state index contributed by atoms with van der Waals surface area (Å²) in [6, 6.07) is 8.44. The quantitative estimate of drug-likeness (QED) is 0.755. The smallest absolute Gasteiger partial charge is 0.381 e. The number of hydrogen-bond donors (Lipinski definition) is 0. The zero-order valence-corrected chi connectivity index (χ0v) is 9.67. The molecule has 0 spiro atoms. The van der Waals surface area contributed by atoms with Gasteiger partial charge in [0, 0.05) is 5.57 Å². The molecule has 0 aromatic heterocycles. The molecule has 0 saturated carbocycles. The van der Waals surface area contributed by atoms with Gasteiger partial charge in [-0.2, -0.15) is 8.78 Å². The van der Waals surface area contributed by atoms with Crippen molar-refractivity contribution in [2.24, 2.45) is 0 Å². The van der Waals surface area contributed by atoms with Crippen molar-refractivity contribution in [3.05, 3.63) is 47.5 Å². The minimum atomic E-state index is -3.63. The molecule has 0 heterocycles. The maximum absolute atomic E-state index is 13.5. The van der Waals surface area contributed by atoms with Crippen LogP contribution >= 0.6 is 0 Å². The molecule has 1 rings (SSSR count). The Balaban J connectivity index is 2.92. The van der Waals surface area contributed by atoms with Crippen LogP contribution in [-0.2, 0) is 9.53 Å². The Morgan fingerprint density at radius 2 is 1.94 bits per heavy atom. The number of rotatable bonds is 4. The minimum absolute atomic E-state index is 0.0763. The minimum Gasteiger partial charge on any atom is -0.461 e. The van der Waals surface area contributed by atoms with Gasteiger partial charge in [0.25, 0.3) is 0 Å². The van der Waals surface area contributed by atoms with E-state index in [1.807, 2.05) is 0 Å². The number of alkyl halides is 2. The van der Waals surface area contributed by atoms with E-state index >= 15 is 0 Å². The molecule has 0 N–H and O–H groups in total. The van der Waals surface area contributed by atoms with Crippen molar-refractivity contribution in [3.63, 3.8) is 0 Å². The van der Waals surface area contributed by atoms with Crippen LogP contribution in [0.1, 0.15) is 19.4 Å². The summed E-state index contributed by atoms with van der Waals surface area (Å²) in [6.07, 6.45) is 2.49. The summed E-state index contributed by atoms with van der Waals surface area (Å²) in [5.41, 5.74) is 0.0381. The number of hydrogen-bond acceptors (Lipinski definition) is 2. The zero-order chi connectivity index (χ0) is 12.9. The summed E-state index contributed by atoms with van der Waals surface area (Å²) < 4.78 is 31.3. The molecule has 0 amide bonds. The van der Waals surface area contributed by atoms with Gasteiger partial charge in [-0.05, 0) is 25.5 Å². The molecule has 1 aromatic carbocycles. The molecule has 17 heavy (non-hydrogen) atoms. The van der Waals surface area contributed by atoms with Gasteiger partial charge in [0.2, 0.25) is 0 Å². The Morgan fingerprint density at radius 3 is 2.47 bits per heavy atom. The van der Waals surface area contributed by atoms with Crippen LogP contribution in [0.3, 0.4) is 0 Å². The van der Waals surface area contributed by atoms with Crippen molar-refractivity contribution >= 4 is 5.97 Å². The van der Waals surface area contributed by atoms with Crippen molar-refractivity contribution in [1.82, 2.24) is 0 Å². The van der Waals surface area contributed by atoms with Gasteiger partial charge in [-0.15, -0.1) is 0 Å². The number of carbonyl (C=O) groups is 1. The third-order valence-corrected chi connectivity index (χ3v) is 2.11. The zero-order valence-electron chi connectivity index (χ0n) is 9.67. The lowest BCUT2D eigenvalue weighted by molar-refractivity contribution is -0.166. The van der Waals surface area contributed by atoms with Crippen molar-refractivity contribution < 1.29 is 18.3 Å². The van der Waals surface area contributed by atoms with Crippen LogP contribution in [0.2, 0.25) is 0 Å². The van der Waals surface area contributed by atoms with Gasteiger partial charge < -0.3 is 4.74 Å². The van der Waals surface area contributed by atoms with Crippen LogP contribution in [0.5, 0.6) is 0 Å². The van der Waals surface area contributed by atoms with Gasteiger partial charge in [-0.1, -0.05) is 30.3 Å². The van der Waals surface area contributed by atoms with Gasteiger partial charge in [-0.25, -0.2) is 4.79 Å². The molecule has 91 valence electrons. The second-order valence-corrected chi connectivity index (χ2v) is 3.41. The fourth-order valence-corrected chi connectivity index (χ4v) is 1.19. The van der Waals surface area contributed by atoms with Gasteiger partial charge in [0.05, 0.1) is 6.61 Å². The van der Waals surface area contributed by atoms with Gasteiger partial charge in [0.15, 0.2) is 0 Å². The van der Waals surface area contributed by atoms with Crippen LogP contribution in [0, 0.1) is 6.08 Å². The highest BCUT2D eigenvalue weighted by Gasteiger charge is 2.42. The summed E-state index contributed by atoms with van der Waals surface area (Å²) >= 11 is 0. The topological polar surface area (TPSA) is 26.3 Å². The van der Waals surface area contributed by atoms with Crippen LogP contribution in [0.4, 0.5) is 8.78 Å². The third-order valence-electron chi connectivity index (χ3n) is 2.11. The average Bonchev–Trinajstić information content (AvgIpc) is 2.30. The number of ether oxygens (including phenoxy) is 1. The molecule has 0 aliphatic rings. The van der Waals surface area contributed by atoms with E-state index in [0.717, 1.165) is 6.92 Å². The molecule has 2 nitrogen and oxygen atoms in total. The first-order valence-corrected chi connectivity index (χ1v) is 5.19. The molecule has 0 fully saturated rings. The molecular formula is C13H13F2O2. The van der Waals surface area contributed by atoms with Crippen molar-refractivity contribution in [3.8, 4) is 0 Å². The summed E-state index contributed by atoms with van der Waals surface area (Å²) in [7, 11) is 0. The predicted octanol–water partition coefficient (Wildman–Crippen LogP) is 2.98. The lowest BCUT2D eigenvalue weighted by atomic mass is 10.1. The first kappa shape index (κ1) is 13.4. The summed E-state index contributed by atoms with van der Waals surface area (Å²) in [6.45, 7) is 2.56.